The summed E-state index contributed by atoms with van der Waals surface area (Å²) in [6, 6.07) is 17.9. The van der Waals surface area contributed by atoms with E-state index in [2.05, 4.69) is 29.6 Å². The number of rotatable bonds is 4. The number of carbonyl (C=O) groups is 1. The lowest BCUT2D eigenvalue weighted by molar-refractivity contribution is -0.130. The fraction of sp³-hybridized carbons (Fsp3) is 0.350. The van der Waals surface area contributed by atoms with Gasteiger partial charge in [-0.15, -0.1) is 0 Å². The van der Waals surface area contributed by atoms with E-state index < -0.39 is 6.10 Å². The highest BCUT2D eigenvalue weighted by Gasteiger charge is 2.39. The van der Waals surface area contributed by atoms with Gasteiger partial charge < -0.3 is 14.8 Å². The summed E-state index contributed by atoms with van der Waals surface area (Å²) in [4.78, 5) is 12.5. The molecule has 4 nitrogen and oxygen atoms in total. The molecule has 1 amide bonds. The summed E-state index contributed by atoms with van der Waals surface area (Å²) in [5, 5.41) is 3.08. The van der Waals surface area contributed by atoms with E-state index in [4.69, 9.17) is 9.47 Å². The third-order valence-electron chi connectivity index (χ3n) is 5.10. The second kappa shape index (κ2) is 6.19. The maximum atomic E-state index is 12.5. The van der Waals surface area contributed by atoms with Crippen molar-refractivity contribution >= 4 is 5.91 Å². The molecule has 124 valence electrons. The van der Waals surface area contributed by atoms with Crippen molar-refractivity contribution in [2.24, 2.45) is 0 Å². The van der Waals surface area contributed by atoms with Gasteiger partial charge in [0.1, 0.15) is 6.61 Å². The van der Waals surface area contributed by atoms with Crippen LogP contribution in [0.15, 0.2) is 54.6 Å². The monoisotopic (exact) mass is 323 g/mol. The molecule has 2 aromatic rings. The Bertz CT molecular complexity index is 725. The number of benzene rings is 2. The lowest BCUT2D eigenvalue weighted by Gasteiger charge is -2.43. The molecule has 0 aromatic heterocycles. The van der Waals surface area contributed by atoms with Gasteiger partial charge in [-0.3, -0.25) is 4.79 Å². The van der Waals surface area contributed by atoms with Crippen molar-refractivity contribution in [3.8, 4) is 11.5 Å². The van der Waals surface area contributed by atoms with Crippen molar-refractivity contribution in [1.82, 2.24) is 5.32 Å². The molecule has 4 heteroatoms. The van der Waals surface area contributed by atoms with Crippen LogP contribution in [0.1, 0.15) is 24.8 Å². The van der Waals surface area contributed by atoms with E-state index >= 15 is 0 Å². The zero-order chi connectivity index (χ0) is 16.4. The van der Waals surface area contributed by atoms with E-state index in [1.54, 1.807) is 0 Å². The maximum absolute atomic E-state index is 12.5. The molecule has 1 fully saturated rings. The maximum Gasteiger partial charge on any atom is 0.264 e. The van der Waals surface area contributed by atoms with Crippen LogP contribution >= 0.6 is 0 Å². The Labute approximate surface area is 141 Å². The molecule has 4 rings (SSSR count). The molecule has 2 aliphatic rings. The zero-order valence-electron chi connectivity index (χ0n) is 13.5. The van der Waals surface area contributed by atoms with E-state index in [-0.39, 0.29) is 17.9 Å². The molecule has 1 atom stereocenters. The third-order valence-corrected chi connectivity index (χ3v) is 5.10. The molecule has 1 saturated carbocycles. The molecule has 1 heterocycles. The number of carbonyl (C=O) groups excluding carboxylic acids is 1. The van der Waals surface area contributed by atoms with Crippen LogP contribution in [0.5, 0.6) is 11.5 Å². The Balaban J connectivity index is 1.40. The highest BCUT2D eigenvalue weighted by Crippen LogP contribution is 2.43. The largest absolute Gasteiger partial charge is 0.485 e. The van der Waals surface area contributed by atoms with Gasteiger partial charge in [0, 0.05) is 12.0 Å². The Hall–Kier alpha value is -2.49. The number of nitrogens with one attached hydrogen (secondary N) is 1. The Morgan fingerprint density at radius 1 is 1.04 bits per heavy atom. The van der Waals surface area contributed by atoms with Crippen molar-refractivity contribution < 1.29 is 14.3 Å². The molecule has 1 N–H and O–H groups in total. The molecule has 0 unspecified atom stereocenters. The van der Waals surface area contributed by atoms with Crippen LogP contribution in [0, 0.1) is 0 Å². The van der Waals surface area contributed by atoms with Crippen molar-refractivity contribution in [2.45, 2.75) is 30.8 Å². The predicted octanol–water partition coefficient (Wildman–Crippen LogP) is 3.06. The van der Waals surface area contributed by atoms with Crippen LogP contribution in [-0.2, 0) is 10.2 Å². The first-order chi connectivity index (χ1) is 11.8. The molecule has 2 aromatic carbocycles. The van der Waals surface area contributed by atoms with Crippen LogP contribution in [0.25, 0.3) is 0 Å². The minimum absolute atomic E-state index is 0.0738. The number of hydrogen-bond donors (Lipinski definition) is 1. The number of ether oxygens (including phenoxy) is 2. The van der Waals surface area contributed by atoms with Crippen molar-refractivity contribution in [3.05, 3.63) is 60.2 Å². The zero-order valence-corrected chi connectivity index (χ0v) is 13.5. The quantitative estimate of drug-likeness (QED) is 0.941. The summed E-state index contributed by atoms with van der Waals surface area (Å²) in [7, 11) is 0. The summed E-state index contributed by atoms with van der Waals surface area (Å²) in [5.41, 5.74) is 1.38. The lowest BCUT2D eigenvalue weighted by atomic mass is 9.64. The number of hydrogen-bond acceptors (Lipinski definition) is 3. The highest BCUT2D eigenvalue weighted by atomic mass is 16.6. The number of fused-ring (bicyclic) bond motifs is 1. The average Bonchev–Trinajstić information content (AvgIpc) is 2.61. The van der Waals surface area contributed by atoms with Gasteiger partial charge in [-0.2, -0.15) is 0 Å². The van der Waals surface area contributed by atoms with Gasteiger partial charge in [-0.25, -0.2) is 0 Å². The van der Waals surface area contributed by atoms with Gasteiger partial charge in [0.2, 0.25) is 6.10 Å². The summed E-state index contributed by atoms with van der Waals surface area (Å²) in [6.45, 7) is 0.901. The first-order valence-corrected chi connectivity index (χ1v) is 8.49. The average molecular weight is 323 g/mol. The fourth-order valence-electron chi connectivity index (χ4n) is 3.48. The van der Waals surface area contributed by atoms with Crippen LogP contribution in [0.3, 0.4) is 0 Å². The Morgan fingerprint density at radius 2 is 1.75 bits per heavy atom. The third kappa shape index (κ3) is 2.73. The van der Waals surface area contributed by atoms with Gasteiger partial charge in [-0.1, -0.05) is 48.9 Å². The molecular weight excluding hydrogens is 302 g/mol. The molecule has 0 bridgehead atoms. The van der Waals surface area contributed by atoms with Crippen LogP contribution < -0.4 is 14.8 Å². The van der Waals surface area contributed by atoms with Crippen LogP contribution in [0.4, 0.5) is 0 Å². The summed E-state index contributed by atoms with van der Waals surface area (Å²) in [6.07, 6.45) is 2.85. The molecule has 1 aliphatic carbocycles. The van der Waals surface area contributed by atoms with Gasteiger partial charge in [0.25, 0.3) is 5.91 Å². The van der Waals surface area contributed by atoms with E-state index in [0.717, 1.165) is 12.8 Å². The first kappa shape index (κ1) is 15.1. The second-order valence-corrected chi connectivity index (χ2v) is 6.58. The van der Waals surface area contributed by atoms with E-state index in [1.807, 2.05) is 30.3 Å². The number of para-hydroxylation sites is 2. The van der Waals surface area contributed by atoms with Gasteiger partial charge in [-0.05, 0) is 30.5 Å². The first-order valence-electron chi connectivity index (χ1n) is 8.49. The minimum Gasteiger partial charge on any atom is -0.485 e. The lowest BCUT2D eigenvalue weighted by Crippen LogP contribution is -2.50. The van der Waals surface area contributed by atoms with Crippen LogP contribution in [-0.4, -0.2) is 25.2 Å². The van der Waals surface area contributed by atoms with Crippen LogP contribution in [0.2, 0.25) is 0 Å². The highest BCUT2D eigenvalue weighted by molar-refractivity contribution is 5.82. The predicted molar refractivity (Wildman–Crippen MR) is 91.3 cm³/mol. The molecule has 0 spiro atoms. The smallest absolute Gasteiger partial charge is 0.264 e. The van der Waals surface area contributed by atoms with Crippen molar-refractivity contribution in [1.29, 1.82) is 0 Å². The standard InChI is InChI=1S/C20H21NO3/c22-19(18-13-23-16-9-4-5-10-17(16)24-18)21-14-20(11-6-12-20)15-7-2-1-3-8-15/h1-5,7-10,18H,6,11-14H2,(H,21,22)/t18-/m1/s1. The minimum atomic E-state index is -0.590. The summed E-state index contributed by atoms with van der Waals surface area (Å²) in [5.74, 6) is 1.22. The Kier molecular flexibility index (Phi) is 3.89. The second-order valence-electron chi connectivity index (χ2n) is 6.58. The van der Waals surface area contributed by atoms with E-state index in [0.29, 0.717) is 18.0 Å². The van der Waals surface area contributed by atoms with E-state index in [9.17, 15) is 4.79 Å². The normalized spacial score (nSPS) is 20.8. The fourth-order valence-corrected chi connectivity index (χ4v) is 3.48. The van der Waals surface area contributed by atoms with Crippen molar-refractivity contribution in [2.75, 3.05) is 13.2 Å². The van der Waals surface area contributed by atoms with Gasteiger partial charge in [0.15, 0.2) is 11.5 Å². The molecular formula is C20H21NO3. The Morgan fingerprint density at radius 3 is 2.46 bits per heavy atom. The number of amides is 1. The summed E-state index contributed by atoms with van der Waals surface area (Å²) < 4.78 is 11.4. The SMILES string of the molecule is O=C(NCC1(c2ccccc2)CCC1)[C@H]1COc2ccccc2O1. The molecule has 0 radical (unpaired) electrons. The van der Waals surface area contributed by atoms with E-state index in [1.165, 1.54) is 12.0 Å². The summed E-state index contributed by atoms with van der Waals surface area (Å²) >= 11 is 0. The van der Waals surface area contributed by atoms with Gasteiger partial charge in [0.05, 0.1) is 0 Å². The van der Waals surface area contributed by atoms with Crippen molar-refractivity contribution in [3.63, 3.8) is 0 Å². The molecule has 0 saturated heterocycles. The molecule has 24 heavy (non-hydrogen) atoms. The van der Waals surface area contributed by atoms with Gasteiger partial charge >= 0.3 is 0 Å². The molecule has 1 aliphatic heterocycles. The topological polar surface area (TPSA) is 47.6 Å².